The maximum absolute atomic E-state index is 8.40. The van der Waals surface area contributed by atoms with Crippen LogP contribution in [0.4, 0.5) is 0 Å². The molecule has 0 spiro atoms. The third-order valence-electron chi connectivity index (χ3n) is 1.86. The van der Waals surface area contributed by atoms with Gasteiger partial charge in [0.05, 0.1) is 12.1 Å². The highest BCUT2D eigenvalue weighted by atomic mass is 14.4. The molecule has 2 nitrogen and oxygen atoms in total. The van der Waals surface area contributed by atoms with E-state index < -0.39 is 0 Å². The van der Waals surface area contributed by atoms with Gasteiger partial charge in [0.15, 0.2) is 0 Å². The highest BCUT2D eigenvalue weighted by molar-refractivity contribution is 5.17. The summed E-state index contributed by atoms with van der Waals surface area (Å²) in [6, 6.07) is 4.19. The van der Waals surface area contributed by atoms with E-state index in [1.807, 2.05) is 12.2 Å². The predicted octanol–water partition coefficient (Wildman–Crippen LogP) is 1.76. The Balaban J connectivity index is 2.56. The van der Waals surface area contributed by atoms with Crippen molar-refractivity contribution in [2.24, 2.45) is 5.41 Å². The Morgan fingerprint density at radius 1 is 1.30 bits per heavy atom. The van der Waals surface area contributed by atoms with Crippen molar-refractivity contribution >= 4 is 0 Å². The van der Waals surface area contributed by atoms with Gasteiger partial charge in [-0.2, -0.15) is 10.5 Å². The van der Waals surface area contributed by atoms with Crippen molar-refractivity contribution in [3.05, 3.63) is 12.2 Å². The molecule has 0 radical (unpaired) electrons. The van der Waals surface area contributed by atoms with E-state index in [2.05, 4.69) is 12.1 Å². The van der Waals surface area contributed by atoms with Crippen molar-refractivity contribution < 1.29 is 0 Å². The summed E-state index contributed by atoms with van der Waals surface area (Å²) in [5.41, 5.74) is -0.0799. The highest BCUT2D eigenvalue weighted by Gasteiger charge is 2.30. The molecule has 0 aromatic carbocycles. The normalized spacial score (nSPS) is 18.6. The molecule has 0 aliphatic heterocycles. The molecule has 2 heteroatoms. The van der Waals surface area contributed by atoms with Crippen LogP contribution in [0.1, 0.15) is 19.3 Å². The zero-order chi connectivity index (χ0) is 7.45. The van der Waals surface area contributed by atoms with Crippen molar-refractivity contribution in [1.82, 2.24) is 0 Å². The van der Waals surface area contributed by atoms with Crippen LogP contribution in [0.25, 0.3) is 0 Å². The summed E-state index contributed by atoms with van der Waals surface area (Å²) in [5, 5.41) is 16.8. The van der Waals surface area contributed by atoms with E-state index in [0.29, 0.717) is 12.8 Å². The molecule has 1 aliphatic rings. The lowest BCUT2D eigenvalue weighted by Crippen LogP contribution is -2.21. The van der Waals surface area contributed by atoms with Crippen LogP contribution in [-0.2, 0) is 0 Å². The Morgan fingerprint density at radius 2 is 1.80 bits per heavy atom. The molecular weight excluding hydrogens is 124 g/mol. The molecule has 0 aromatic heterocycles. The maximum Gasteiger partial charge on any atom is 0.0631 e. The largest absolute Gasteiger partial charge is 0.198 e. The minimum atomic E-state index is -0.0799. The number of hydrogen-bond donors (Lipinski definition) is 0. The third kappa shape index (κ3) is 1.01. The first-order valence-electron chi connectivity index (χ1n) is 3.25. The predicted molar refractivity (Wildman–Crippen MR) is 36.6 cm³/mol. The van der Waals surface area contributed by atoms with E-state index in [1.54, 1.807) is 0 Å². The van der Waals surface area contributed by atoms with Crippen molar-refractivity contribution in [3.63, 3.8) is 0 Å². The SMILES string of the molecule is N#CCC1(CC#N)C=CC1. The van der Waals surface area contributed by atoms with Gasteiger partial charge in [-0.3, -0.25) is 0 Å². The van der Waals surface area contributed by atoms with Crippen LogP contribution in [0.2, 0.25) is 0 Å². The number of allylic oxidation sites excluding steroid dienone is 2. The first kappa shape index (κ1) is 6.83. The van der Waals surface area contributed by atoms with Crippen LogP contribution < -0.4 is 0 Å². The van der Waals surface area contributed by atoms with Crippen LogP contribution in [0.5, 0.6) is 0 Å². The molecule has 0 aromatic rings. The Labute approximate surface area is 60.4 Å². The van der Waals surface area contributed by atoms with Gasteiger partial charge >= 0.3 is 0 Å². The summed E-state index contributed by atoms with van der Waals surface area (Å²) >= 11 is 0. The lowest BCUT2D eigenvalue weighted by molar-refractivity contribution is 0.367. The molecule has 0 saturated carbocycles. The molecule has 0 unspecified atom stereocenters. The summed E-state index contributed by atoms with van der Waals surface area (Å²) < 4.78 is 0. The van der Waals surface area contributed by atoms with Gasteiger partial charge in [0.1, 0.15) is 0 Å². The van der Waals surface area contributed by atoms with E-state index >= 15 is 0 Å². The van der Waals surface area contributed by atoms with Gasteiger partial charge in [0.2, 0.25) is 0 Å². The molecule has 1 aliphatic carbocycles. The van der Waals surface area contributed by atoms with Gasteiger partial charge in [0, 0.05) is 18.3 Å². The van der Waals surface area contributed by atoms with E-state index in [4.69, 9.17) is 10.5 Å². The fraction of sp³-hybridized carbons (Fsp3) is 0.500. The van der Waals surface area contributed by atoms with Crippen molar-refractivity contribution in [2.45, 2.75) is 19.3 Å². The molecule has 0 heterocycles. The van der Waals surface area contributed by atoms with Crippen molar-refractivity contribution in [1.29, 1.82) is 10.5 Å². The van der Waals surface area contributed by atoms with Crippen molar-refractivity contribution in [2.75, 3.05) is 0 Å². The number of nitrogens with zero attached hydrogens (tertiary/aromatic N) is 2. The Bertz CT molecular complexity index is 211. The van der Waals surface area contributed by atoms with E-state index in [9.17, 15) is 0 Å². The number of hydrogen-bond acceptors (Lipinski definition) is 2. The summed E-state index contributed by atoms with van der Waals surface area (Å²) in [5.74, 6) is 0. The van der Waals surface area contributed by atoms with Crippen molar-refractivity contribution in [3.8, 4) is 12.1 Å². The second-order valence-electron chi connectivity index (χ2n) is 2.64. The van der Waals surface area contributed by atoms with Crippen LogP contribution in [0.3, 0.4) is 0 Å². The standard InChI is InChI=1S/C8H8N2/c9-6-4-8(5-7-10)2-1-3-8/h1-2H,3-5H2. The van der Waals surface area contributed by atoms with E-state index in [-0.39, 0.29) is 5.41 Å². The Kier molecular flexibility index (Phi) is 1.73. The highest BCUT2D eigenvalue weighted by Crippen LogP contribution is 2.39. The minimum Gasteiger partial charge on any atom is -0.198 e. The first-order chi connectivity index (χ1) is 4.83. The summed E-state index contributed by atoms with van der Waals surface area (Å²) in [6.45, 7) is 0. The average molecular weight is 132 g/mol. The van der Waals surface area contributed by atoms with Gasteiger partial charge in [-0.15, -0.1) is 0 Å². The smallest absolute Gasteiger partial charge is 0.0631 e. The molecule has 0 saturated heterocycles. The lowest BCUT2D eigenvalue weighted by atomic mass is 9.72. The van der Waals surface area contributed by atoms with Gasteiger partial charge in [-0.25, -0.2) is 0 Å². The second-order valence-corrected chi connectivity index (χ2v) is 2.64. The summed E-state index contributed by atoms with van der Waals surface area (Å²) in [7, 11) is 0. The molecular formula is C8H8N2. The van der Waals surface area contributed by atoms with Gasteiger partial charge in [0.25, 0.3) is 0 Å². The fourth-order valence-corrected chi connectivity index (χ4v) is 1.09. The topological polar surface area (TPSA) is 47.6 Å². The van der Waals surface area contributed by atoms with Crippen LogP contribution in [0, 0.1) is 28.1 Å². The third-order valence-corrected chi connectivity index (χ3v) is 1.86. The number of rotatable bonds is 2. The molecule has 0 amide bonds. The van der Waals surface area contributed by atoms with E-state index in [1.165, 1.54) is 0 Å². The lowest BCUT2D eigenvalue weighted by Gasteiger charge is -2.30. The Hall–Kier alpha value is -1.28. The van der Waals surface area contributed by atoms with Gasteiger partial charge < -0.3 is 0 Å². The fourth-order valence-electron chi connectivity index (χ4n) is 1.09. The minimum absolute atomic E-state index is 0.0799. The molecule has 0 N–H and O–H groups in total. The molecule has 50 valence electrons. The van der Waals surface area contributed by atoms with Crippen LogP contribution in [-0.4, -0.2) is 0 Å². The van der Waals surface area contributed by atoms with Gasteiger partial charge in [-0.1, -0.05) is 12.2 Å². The summed E-state index contributed by atoms with van der Waals surface area (Å²) in [6.07, 6.45) is 5.84. The quantitative estimate of drug-likeness (QED) is 0.537. The number of nitriles is 2. The van der Waals surface area contributed by atoms with E-state index in [0.717, 1.165) is 6.42 Å². The molecule has 0 atom stereocenters. The molecule has 10 heavy (non-hydrogen) atoms. The molecule has 0 fully saturated rings. The molecule has 0 bridgehead atoms. The monoisotopic (exact) mass is 132 g/mol. The Morgan fingerprint density at radius 3 is 2.00 bits per heavy atom. The molecule has 1 rings (SSSR count). The van der Waals surface area contributed by atoms with Crippen LogP contribution >= 0.6 is 0 Å². The second kappa shape index (κ2) is 2.54. The van der Waals surface area contributed by atoms with Gasteiger partial charge in [-0.05, 0) is 6.42 Å². The average Bonchev–Trinajstić information content (AvgIpc) is 1.84. The maximum atomic E-state index is 8.40. The zero-order valence-corrected chi connectivity index (χ0v) is 5.67. The van der Waals surface area contributed by atoms with Crippen LogP contribution in [0.15, 0.2) is 12.2 Å². The zero-order valence-electron chi connectivity index (χ0n) is 5.67. The summed E-state index contributed by atoms with van der Waals surface area (Å²) in [4.78, 5) is 0. The first-order valence-corrected chi connectivity index (χ1v) is 3.25.